The number of carbonyl (C=O) groups is 4. The van der Waals surface area contributed by atoms with Gasteiger partial charge in [-0.2, -0.15) is 0 Å². The number of ether oxygens (including phenoxy) is 1. The molecule has 0 aromatic heterocycles. The molecule has 252 valence electrons. The minimum absolute atomic E-state index is 0.0722. The molecule has 0 aliphatic rings. The van der Waals surface area contributed by atoms with Crippen LogP contribution in [0.3, 0.4) is 0 Å². The first-order chi connectivity index (χ1) is 24.2. The van der Waals surface area contributed by atoms with Crippen molar-refractivity contribution in [3.63, 3.8) is 0 Å². The molecule has 0 fully saturated rings. The number of thioether (sulfide) groups is 1. The van der Waals surface area contributed by atoms with Gasteiger partial charge in [0, 0.05) is 35.9 Å². The summed E-state index contributed by atoms with van der Waals surface area (Å²) in [5, 5.41) is 7.87. The molecule has 0 heterocycles. The summed E-state index contributed by atoms with van der Waals surface area (Å²) < 4.78 is 4.88. The van der Waals surface area contributed by atoms with Crippen LogP contribution in [0.25, 0.3) is 6.08 Å². The summed E-state index contributed by atoms with van der Waals surface area (Å²) in [5.74, 6) is -1.79. The molecule has 9 nitrogen and oxygen atoms in total. The Labute approximate surface area is 295 Å². The van der Waals surface area contributed by atoms with Crippen molar-refractivity contribution in [1.82, 2.24) is 5.32 Å². The lowest BCUT2D eigenvalue weighted by atomic mass is 10.1. The van der Waals surface area contributed by atoms with Gasteiger partial charge in [-0.25, -0.2) is 4.79 Å². The van der Waals surface area contributed by atoms with Crippen LogP contribution in [0, 0.1) is 0 Å². The van der Waals surface area contributed by atoms with Crippen LogP contribution in [-0.4, -0.2) is 44.9 Å². The van der Waals surface area contributed by atoms with Crippen molar-refractivity contribution in [3.8, 4) is 0 Å². The second-order valence-electron chi connectivity index (χ2n) is 11.3. The molecule has 0 aliphatic heterocycles. The van der Waals surface area contributed by atoms with Gasteiger partial charge in [0.1, 0.15) is 10.9 Å². The number of benzene rings is 5. The van der Waals surface area contributed by atoms with Gasteiger partial charge in [-0.15, -0.1) is 11.8 Å². The van der Waals surface area contributed by atoms with Crippen molar-refractivity contribution in [2.75, 3.05) is 36.7 Å². The van der Waals surface area contributed by atoms with E-state index in [1.54, 1.807) is 78.9 Å². The average Bonchev–Trinajstić information content (AvgIpc) is 3.15. The van der Waals surface area contributed by atoms with Crippen molar-refractivity contribution >= 4 is 58.6 Å². The third kappa shape index (κ3) is 9.27. The lowest BCUT2D eigenvalue weighted by Gasteiger charge is -2.18. The molecular weight excluding hydrogens is 649 g/mol. The molecule has 5 rings (SSSR count). The van der Waals surface area contributed by atoms with E-state index in [1.165, 1.54) is 18.9 Å². The molecule has 10 heteroatoms. The zero-order valence-electron chi connectivity index (χ0n) is 27.8. The van der Waals surface area contributed by atoms with Crippen molar-refractivity contribution in [1.29, 1.82) is 0 Å². The van der Waals surface area contributed by atoms with E-state index >= 15 is 0 Å². The number of rotatable bonds is 12. The number of methoxy groups -OCH3 is 1. The largest absolute Gasteiger partial charge is 0.465 e. The first kappa shape index (κ1) is 35.2. The summed E-state index contributed by atoms with van der Waals surface area (Å²) in [5.41, 5.74) is 4.09. The predicted molar refractivity (Wildman–Crippen MR) is 199 cm³/mol. The molecule has 3 amide bonds. The number of amides is 3. The highest BCUT2D eigenvalue weighted by molar-refractivity contribution is 8.00. The molecule has 3 N–H and O–H groups in total. The van der Waals surface area contributed by atoms with Crippen molar-refractivity contribution in [3.05, 3.63) is 161 Å². The van der Waals surface area contributed by atoms with Crippen LogP contribution in [0.2, 0.25) is 0 Å². The van der Waals surface area contributed by atoms with E-state index < -0.39 is 23.0 Å². The number of nitrogens with zero attached hydrogens (tertiary/aromatic N) is 1. The Kier molecular flexibility index (Phi) is 11.8. The molecule has 0 spiro atoms. The van der Waals surface area contributed by atoms with Crippen molar-refractivity contribution < 1.29 is 23.9 Å². The van der Waals surface area contributed by atoms with Gasteiger partial charge in [-0.05, 0) is 77.9 Å². The molecule has 0 radical (unpaired) electrons. The Balaban J connectivity index is 1.34. The summed E-state index contributed by atoms with van der Waals surface area (Å²) in [6, 6.07) is 39.3. The highest BCUT2D eigenvalue weighted by Crippen LogP contribution is 2.37. The molecular formula is C40H36N4O5S. The van der Waals surface area contributed by atoms with Gasteiger partial charge in [-0.3, -0.25) is 14.4 Å². The fraction of sp³-hybridized carbons (Fsp3) is 0.100. The lowest BCUT2D eigenvalue weighted by molar-refractivity contribution is -0.116. The van der Waals surface area contributed by atoms with Crippen LogP contribution < -0.4 is 20.9 Å². The average molecular weight is 685 g/mol. The van der Waals surface area contributed by atoms with Crippen LogP contribution in [0.1, 0.15) is 37.1 Å². The summed E-state index contributed by atoms with van der Waals surface area (Å²) in [4.78, 5) is 55.3. The first-order valence-corrected chi connectivity index (χ1v) is 16.6. The lowest BCUT2D eigenvalue weighted by Crippen LogP contribution is -2.30. The molecule has 5 aromatic carbocycles. The Morgan fingerprint density at radius 1 is 0.720 bits per heavy atom. The van der Waals surface area contributed by atoms with Gasteiger partial charge >= 0.3 is 5.97 Å². The Hall–Kier alpha value is -6.13. The van der Waals surface area contributed by atoms with E-state index in [0.29, 0.717) is 16.9 Å². The highest BCUT2D eigenvalue weighted by Gasteiger charge is 2.24. The maximum atomic E-state index is 13.7. The van der Waals surface area contributed by atoms with Crippen LogP contribution in [0.4, 0.5) is 17.1 Å². The van der Waals surface area contributed by atoms with Crippen LogP contribution in [0.15, 0.2) is 144 Å². The smallest absolute Gasteiger partial charge is 0.339 e. The zero-order chi connectivity index (χ0) is 35.5. The molecule has 50 heavy (non-hydrogen) atoms. The molecule has 1 atom stereocenters. The Morgan fingerprint density at radius 3 is 1.98 bits per heavy atom. The van der Waals surface area contributed by atoms with Gasteiger partial charge in [0.05, 0.1) is 18.4 Å². The molecule has 0 bridgehead atoms. The topological polar surface area (TPSA) is 117 Å². The second-order valence-corrected chi connectivity index (χ2v) is 12.5. The van der Waals surface area contributed by atoms with Crippen LogP contribution >= 0.6 is 11.8 Å². The summed E-state index contributed by atoms with van der Waals surface area (Å²) >= 11 is 1.32. The van der Waals surface area contributed by atoms with Crippen LogP contribution in [0.5, 0.6) is 0 Å². The summed E-state index contributed by atoms with van der Waals surface area (Å²) in [6.45, 7) is 0. The van der Waals surface area contributed by atoms with Gasteiger partial charge in [0.25, 0.3) is 11.8 Å². The third-order valence-corrected chi connectivity index (χ3v) is 8.81. The number of anilines is 3. The number of carbonyl (C=O) groups excluding carboxylic acids is 4. The van der Waals surface area contributed by atoms with Crippen molar-refractivity contribution in [2.45, 2.75) is 10.1 Å². The van der Waals surface area contributed by atoms with Gasteiger partial charge in [0.15, 0.2) is 0 Å². The molecule has 1 unspecified atom stereocenters. The predicted octanol–water partition coefficient (Wildman–Crippen LogP) is 7.42. The van der Waals surface area contributed by atoms with E-state index in [-0.39, 0.29) is 17.2 Å². The SMILES string of the molecule is COC(=O)c1ccccc1NC(=O)C(Sc1ccc(NC(=O)/C(=C/c2ccc(N(C)C)cc2)NC(=O)c2ccccc2)cc1)c1ccccc1. The van der Waals surface area contributed by atoms with Gasteiger partial charge < -0.3 is 25.6 Å². The number of nitrogens with one attached hydrogen (secondary N) is 3. The maximum Gasteiger partial charge on any atom is 0.339 e. The Morgan fingerprint density at radius 2 is 1.34 bits per heavy atom. The highest BCUT2D eigenvalue weighted by atomic mass is 32.2. The number of hydrogen-bond acceptors (Lipinski definition) is 7. The minimum Gasteiger partial charge on any atom is -0.465 e. The van der Waals surface area contributed by atoms with Gasteiger partial charge in [0.2, 0.25) is 5.91 Å². The van der Waals surface area contributed by atoms with E-state index in [2.05, 4.69) is 16.0 Å². The molecule has 0 aliphatic carbocycles. The molecule has 5 aromatic rings. The van der Waals surface area contributed by atoms with Crippen LogP contribution in [-0.2, 0) is 14.3 Å². The number of hydrogen-bond donors (Lipinski definition) is 3. The van der Waals surface area contributed by atoms with Gasteiger partial charge in [-0.1, -0.05) is 72.8 Å². The summed E-state index contributed by atoms with van der Waals surface area (Å²) in [7, 11) is 5.17. The number of esters is 1. The van der Waals surface area contributed by atoms with E-state index in [0.717, 1.165) is 21.7 Å². The van der Waals surface area contributed by atoms with E-state index in [9.17, 15) is 19.2 Å². The minimum atomic E-state index is -0.663. The molecule has 0 saturated heterocycles. The second kappa shape index (κ2) is 16.8. The monoisotopic (exact) mass is 684 g/mol. The zero-order valence-corrected chi connectivity index (χ0v) is 28.6. The maximum absolute atomic E-state index is 13.7. The fourth-order valence-corrected chi connectivity index (χ4v) is 5.93. The standard InChI is InChI=1S/C40H36N4O5S/c1-44(2)31-22-18-27(19-23-31)26-35(43-37(45)29-14-8-5-9-15-29)38(46)41-30-20-24-32(25-21-30)50-36(28-12-6-4-7-13-28)39(47)42-34-17-11-10-16-33(34)40(48)49-3/h4-26,36H,1-3H3,(H,41,46)(H,42,47)(H,43,45)/b35-26-. The Bertz CT molecular complexity index is 1980. The normalized spacial score (nSPS) is 11.5. The first-order valence-electron chi connectivity index (χ1n) is 15.7. The number of para-hydroxylation sites is 1. The summed E-state index contributed by atoms with van der Waals surface area (Å²) in [6.07, 6.45) is 1.63. The quantitative estimate of drug-likeness (QED) is 0.0712. The van der Waals surface area contributed by atoms with Crippen molar-refractivity contribution in [2.24, 2.45) is 0 Å². The van der Waals surface area contributed by atoms with E-state index in [1.807, 2.05) is 79.7 Å². The van der Waals surface area contributed by atoms with E-state index in [4.69, 9.17) is 4.74 Å². The molecule has 0 saturated carbocycles. The third-order valence-electron chi connectivity index (χ3n) is 7.55. The fourth-order valence-electron chi connectivity index (χ4n) is 4.91.